The van der Waals surface area contributed by atoms with Crippen molar-refractivity contribution in [2.75, 3.05) is 31.0 Å². The quantitative estimate of drug-likeness (QED) is 0.850. The molecule has 2 aromatic carbocycles. The van der Waals surface area contributed by atoms with Crippen molar-refractivity contribution in [3.8, 4) is 11.5 Å². The molecule has 0 bridgehead atoms. The Bertz CT molecular complexity index is 833. The fourth-order valence-electron chi connectivity index (χ4n) is 3.18. The van der Waals surface area contributed by atoms with Crippen molar-refractivity contribution >= 4 is 23.2 Å². The molecule has 1 unspecified atom stereocenters. The van der Waals surface area contributed by atoms with E-state index in [1.54, 1.807) is 30.2 Å². The zero-order chi connectivity index (χ0) is 19.4. The summed E-state index contributed by atoms with van der Waals surface area (Å²) in [7, 11) is 3.10. The van der Waals surface area contributed by atoms with E-state index in [4.69, 9.17) is 9.47 Å². The van der Waals surface area contributed by atoms with E-state index < -0.39 is 5.92 Å². The van der Waals surface area contributed by atoms with Gasteiger partial charge in [-0.15, -0.1) is 0 Å². The maximum atomic E-state index is 12.7. The number of hydrogen-bond donors (Lipinski definition) is 1. The van der Waals surface area contributed by atoms with Gasteiger partial charge in [-0.1, -0.05) is 19.1 Å². The van der Waals surface area contributed by atoms with Crippen LogP contribution >= 0.6 is 0 Å². The minimum absolute atomic E-state index is 0.0407. The van der Waals surface area contributed by atoms with Crippen molar-refractivity contribution < 1.29 is 19.1 Å². The molecule has 0 spiro atoms. The molecule has 3 rings (SSSR count). The Kier molecular flexibility index (Phi) is 5.64. The largest absolute Gasteiger partial charge is 0.497 e. The lowest BCUT2D eigenvalue weighted by Gasteiger charge is -2.17. The number of aryl methyl sites for hydroxylation is 1. The van der Waals surface area contributed by atoms with Gasteiger partial charge in [-0.3, -0.25) is 9.59 Å². The van der Waals surface area contributed by atoms with Crippen molar-refractivity contribution in [1.29, 1.82) is 0 Å². The molecule has 27 heavy (non-hydrogen) atoms. The Hall–Kier alpha value is -3.02. The average molecular weight is 368 g/mol. The van der Waals surface area contributed by atoms with Crippen LogP contribution in [0.25, 0.3) is 0 Å². The highest BCUT2D eigenvalue weighted by atomic mass is 16.5. The molecule has 1 aliphatic heterocycles. The van der Waals surface area contributed by atoms with E-state index in [-0.39, 0.29) is 18.2 Å². The second kappa shape index (κ2) is 8.12. The fraction of sp³-hybridized carbons (Fsp3) is 0.333. The number of benzene rings is 2. The molecule has 1 heterocycles. The third-order valence-corrected chi connectivity index (χ3v) is 4.82. The maximum Gasteiger partial charge on any atom is 0.229 e. The topological polar surface area (TPSA) is 67.9 Å². The van der Waals surface area contributed by atoms with Crippen molar-refractivity contribution in [1.82, 2.24) is 0 Å². The van der Waals surface area contributed by atoms with Crippen LogP contribution in [0.15, 0.2) is 42.5 Å². The summed E-state index contributed by atoms with van der Waals surface area (Å²) < 4.78 is 10.5. The Morgan fingerprint density at radius 1 is 1.15 bits per heavy atom. The number of ether oxygens (including phenoxy) is 2. The molecule has 1 saturated heterocycles. The van der Waals surface area contributed by atoms with Crippen LogP contribution in [0.1, 0.15) is 18.9 Å². The monoisotopic (exact) mass is 368 g/mol. The van der Waals surface area contributed by atoms with E-state index in [2.05, 4.69) is 12.2 Å². The van der Waals surface area contributed by atoms with Gasteiger partial charge >= 0.3 is 0 Å². The normalized spacial score (nSPS) is 16.3. The van der Waals surface area contributed by atoms with Gasteiger partial charge < -0.3 is 19.7 Å². The molecule has 1 N–H and O–H groups in total. The van der Waals surface area contributed by atoms with Crippen molar-refractivity contribution in [2.24, 2.45) is 5.92 Å². The number of rotatable bonds is 6. The summed E-state index contributed by atoms with van der Waals surface area (Å²) in [6, 6.07) is 13.1. The van der Waals surface area contributed by atoms with E-state index in [0.717, 1.165) is 12.1 Å². The number of nitrogens with zero attached hydrogens (tertiary/aromatic N) is 1. The predicted octanol–water partition coefficient (Wildman–Crippen LogP) is 3.26. The van der Waals surface area contributed by atoms with Gasteiger partial charge in [0.2, 0.25) is 11.8 Å². The molecular formula is C21H24N2O4. The average Bonchev–Trinajstić information content (AvgIpc) is 3.10. The molecule has 0 saturated carbocycles. The van der Waals surface area contributed by atoms with E-state index in [1.807, 2.05) is 24.3 Å². The lowest BCUT2D eigenvalue weighted by Crippen LogP contribution is -2.28. The molecule has 1 fully saturated rings. The molecule has 1 aliphatic rings. The minimum atomic E-state index is -0.407. The van der Waals surface area contributed by atoms with Crippen LogP contribution in [-0.2, 0) is 16.0 Å². The fourth-order valence-corrected chi connectivity index (χ4v) is 3.18. The number of carbonyl (C=O) groups excluding carboxylic acids is 2. The molecule has 6 nitrogen and oxygen atoms in total. The van der Waals surface area contributed by atoms with Crippen LogP contribution in [0, 0.1) is 5.92 Å². The SMILES string of the molecule is CCc1ccc(N2CC(C(=O)Nc3ccc(OC)cc3OC)CC2=O)cc1. The summed E-state index contributed by atoms with van der Waals surface area (Å²) in [6.45, 7) is 2.46. The summed E-state index contributed by atoms with van der Waals surface area (Å²) in [5.74, 6) is 0.511. The maximum absolute atomic E-state index is 12.7. The summed E-state index contributed by atoms with van der Waals surface area (Å²) in [4.78, 5) is 26.8. The molecule has 1 atom stereocenters. The van der Waals surface area contributed by atoms with Crippen LogP contribution in [0.4, 0.5) is 11.4 Å². The Morgan fingerprint density at radius 2 is 1.89 bits per heavy atom. The zero-order valence-corrected chi connectivity index (χ0v) is 15.8. The molecule has 142 valence electrons. The number of amides is 2. The number of nitrogens with one attached hydrogen (secondary N) is 1. The molecular weight excluding hydrogens is 344 g/mol. The van der Waals surface area contributed by atoms with Crippen LogP contribution in [0.3, 0.4) is 0 Å². The van der Waals surface area contributed by atoms with Gasteiger partial charge in [0.25, 0.3) is 0 Å². The van der Waals surface area contributed by atoms with E-state index >= 15 is 0 Å². The van der Waals surface area contributed by atoms with Gasteiger partial charge in [0.1, 0.15) is 11.5 Å². The Balaban J connectivity index is 1.70. The van der Waals surface area contributed by atoms with E-state index in [9.17, 15) is 9.59 Å². The summed E-state index contributed by atoms with van der Waals surface area (Å²) in [5, 5.41) is 2.87. The number of methoxy groups -OCH3 is 2. The molecule has 0 radical (unpaired) electrons. The number of anilines is 2. The minimum Gasteiger partial charge on any atom is -0.497 e. The van der Waals surface area contributed by atoms with Gasteiger partial charge in [0.15, 0.2) is 0 Å². The van der Waals surface area contributed by atoms with Gasteiger partial charge in [0, 0.05) is 24.7 Å². The third-order valence-electron chi connectivity index (χ3n) is 4.82. The van der Waals surface area contributed by atoms with Crippen LogP contribution in [-0.4, -0.2) is 32.6 Å². The standard InChI is InChI=1S/C21H24N2O4/c1-4-14-5-7-16(8-6-14)23-13-15(11-20(23)24)21(25)22-18-10-9-17(26-2)12-19(18)27-3/h5-10,12,15H,4,11,13H2,1-3H3,(H,22,25). The lowest BCUT2D eigenvalue weighted by atomic mass is 10.1. The first kappa shape index (κ1) is 18.8. The van der Waals surface area contributed by atoms with Gasteiger partial charge in [-0.25, -0.2) is 0 Å². The smallest absolute Gasteiger partial charge is 0.229 e. The summed E-state index contributed by atoms with van der Waals surface area (Å²) in [5.41, 5.74) is 2.60. The van der Waals surface area contributed by atoms with Crippen molar-refractivity contribution in [2.45, 2.75) is 19.8 Å². The first-order chi connectivity index (χ1) is 13.0. The molecule has 0 aliphatic carbocycles. The third kappa shape index (κ3) is 4.05. The number of carbonyl (C=O) groups is 2. The first-order valence-corrected chi connectivity index (χ1v) is 8.98. The van der Waals surface area contributed by atoms with Gasteiger partial charge in [-0.05, 0) is 36.2 Å². The molecule has 2 amide bonds. The summed E-state index contributed by atoms with van der Waals surface area (Å²) in [6.07, 6.45) is 1.14. The Labute approximate surface area is 159 Å². The van der Waals surface area contributed by atoms with Crippen LogP contribution in [0.5, 0.6) is 11.5 Å². The highest BCUT2D eigenvalue weighted by Gasteiger charge is 2.35. The zero-order valence-electron chi connectivity index (χ0n) is 15.8. The number of hydrogen-bond acceptors (Lipinski definition) is 4. The second-order valence-corrected chi connectivity index (χ2v) is 6.48. The van der Waals surface area contributed by atoms with Crippen molar-refractivity contribution in [3.63, 3.8) is 0 Å². The second-order valence-electron chi connectivity index (χ2n) is 6.48. The predicted molar refractivity (Wildman–Crippen MR) is 104 cm³/mol. The first-order valence-electron chi connectivity index (χ1n) is 8.98. The summed E-state index contributed by atoms with van der Waals surface area (Å²) >= 11 is 0. The van der Waals surface area contributed by atoms with E-state index in [0.29, 0.717) is 23.7 Å². The van der Waals surface area contributed by atoms with Crippen LogP contribution < -0.4 is 19.7 Å². The van der Waals surface area contributed by atoms with Crippen molar-refractivity contribution in [3.05, 3.63) is 48.0 Å². The highest BCUT2D eigenvalue weighted by molar-refractivity contribution is 6.04. The Morgan fingerprint density at radius 3 is 2.52 bits per heavy atom. The van der Waals surface area contributed by atoms with Crippen LogP contribution in [0.2, 0.25) is 0 Å². The van der Waals surface area contributed by atoms with Gasteiger partial charge in [0.05, 0.1) is 25.8 Å². The van der Waals surface area contributed by atoms with E-state index in [1.165, 1.54) is 12.7 Å². The van der Waals surface area contributed by atoms with Gasteiger partial charge in [-0.2, -0.15) is 0 Å². The molecule has 2 aromatic rings. The molecule has 6 heteroatoms. The lowest BCUT2D eigenvalue weighted by molar-refractivity contribution is -0.122. The highest BCUT2D eigenvalue weighted by Crippen LogP contribution is 2.31. The molecule has 0 aromatic heterocycles.